The highest BCUT2D eigenvalue weighted by Gasteiger charge is 2.37. The zero-order valence-electron chi connectivity index (χ0n) is 13.5. The van der Waals surface area contributed by atoms with Crippen LogP contribution in [0.15, 0.2) is 0 Å². The Morgan fingerprint density at radius 3 is 2.26 bits per heavy atom. The van der Waals surface area contributed by atoms with Gasteiger partial charge >= 0.3 is 0 Å². The van der Waals surface area contributed by atoms with Gasteiger partial charge in [0, 0.05) is 18.1 Å². The van der Waals surface area contributed by atoms with Crippen molar-refractivity contribution < 1.29 is 0 Å². The zero-order chi connectivity index (χ0) is 13.9. The fraction of sp³-hybridized carbons (Fsp3) is 1.00. The lowest BCUT2D eigenvalue weighted by Crippen LogP contribution is -2.56. The first-order valence-electron chi connectivity index (χ1n) is 8.49. The molecule has 2 heteroatoms. The highest BCUT2D eigenvalue weighted by Crippen LogP contribution is 2.35. The first kappa shape index (κ1) is 15.3. The lowest BCUT2D eigenvalue weighted by molar-refractivity contribution is 0.0171. The van der Waals surface area contributed by atoms with Gasteiger partial charge in [0.15, 0.2) is 0 Å². The van der Waals surface area contributed by atoms with E-state index in [-0.39, 0.29) is 0 Å². The Kier molecular flexibility index (Phi) is 5.30. The molecule has 19 heavy (non-hydrogen) atoms. The van der Waals surface area contributed by atoms with Crippen LogP contribution in [-0.2, 0) is 0 Å². The summed E-state index contributed by atoms with van der Waals surface area (Å²) < 4.78 is 0. The maximum atomic E-state index is 3.77. The minimum Gasteiger partial charge on any atom is -0.314 e. The number of fused-ring (bicyclic) bond motifs is 2. The summed E-state index contributed by atoms with van der Waals surface area (Å²) in [5.41, 5.74) is 0.478. The molecule has 2 aliphatic rings. The Balaban J connectivity index is 1.88. The maximum Gasteiger partial charge on any atom is 0.0113 e. The molecular formula is C17H34N2. The van der Waals surface area contributed by atoms with E-state index < -0.39 is 0 Å². The summed E-state index contributed by atoms with van der Waals surface area (Å²) >= 11 is 0. The van der Waals surface area contributed by atoms with E-state index >= 15 is 0 Å². The van der Waals surface area contributed by atoms with Crippen LogP contribution < -0.4 is 5.32 Å². The molecule has 2 atom stereocenters. The van der Waals surface area contributed by atoms with Gasteiger partial charge in [-0.2, -0.15) is 0 Å². The molecule has 0 spiro atoms. The normalized spacial score (nSPS) is 32.5. The Bertz CT molecular complexity index is 255. The number of nitrogens with one attached hydrogen (secondary N) is 1. The van der Waals surface area contributed by atoms with Crippen LogP contribution in [-0.4, -0.2) is 36.1 Å². The predicted molar refractivity (Wildman–Crippen MR) is 83.5 cm³/mol. The monoisotopic (exact) mass is 266 g/mol. The first-order chi connectivity index (χ1) is 8.99. The van der Waals surface area contributed by atoms with Gasteiger partial charge in [-0.3, -0.25) is 4.90 Å². The third-order valence-electron chi connectivity index (χ3n) is 4.93. The van der Waals surface area contributed by atoms with E-state index in [2.05, 4.69) is 37.9 Å². The molecule has 0 aliphatic carbocycles. The van der Waals surface area contributed by atoms with E-state index in [4.69, 9.17) is 0 Å². The minimum absolute atomic E-state index is 0.478. The molecule has 2 fully saturated rings. The molecule has 0 aromatic rings. The zero-order valence-corrected chi connectivity index (χ0v) is 13.5. The fourth-order valence-corrected chi connectivity index (χ4v) is 3.82. The van der Waals surface area contributed by atoms with Crippen molar-refractivity contribution in [3.05, 3.63) is 0 Å². The smallest absolute Gasteiger partial charge is 0.0113 e. The van der Waals surface area contributed by atoms with Crippen LogP contribution in [0.5, 0.6) is 0 Å². The summed E-state index contributed by atoms with van der Waals surface area (Å²) in [5.74, 6) is 0. The van der Waals surface area contributed by atoms with Crippen molar-refractivity contribution in [3.8, 4) is 0 Å². The van der Waals surface area contributed by atoms with Gasteiger partial charge in [-0.25, -0.2) is 0 Å². The second-order valence-corrected chi connectivity index (χ2v) is 7.91. The van der Waals surface area contributed by atoms with E-state index in [0.717, 1.165) is 18.1 Å². The summed E-state index contributed by atoms with van der Waals surface area (Å²) in [6.45, 7) is 11.9. The molecule has 2 aliphatic heterocycles. The molecule has 2 rings (SSSR count). The van der Waals surface area contributed by atoms with E-state index in [1.165, 1.54) is 58.0 Å². The molecule has 0 aromatic heterocycles. The standard InChI is InChI=1S/C17H34N2/c1-5-10-18-14-12-15-7-6-8-16(13-14)19(15)11-9-17(2,3)4/h14-16,18H,5-13H2,1-4H3. The SMILES string of the molecule is CCCNC1CC2CCCC(C1)N2CCC(C)(C)C. The van der Waals surface area contributed by atoms with E-state index in [9.17, 15) is 0 Å². The number of piperidine rings is 2. The highest BCUT2D eigenvalue weighted by molar-refractivity contribution is 4.95. The van der Waals surface area contributed by atoms with Gasteiger partial charge in [0.2, 0.25) is 0 Å². The molecule has 0 radical (unpaired) electrons. The van der Waals surface area contributed by atoms with Gasteiger partial charge in [-0.1, -0.05) is 34.1 Å². The third kappa shape index (κ3) is 4.46. The molecule has 112 valence electrons. The van der Waals surface area contributed by atoms with Gasteiger partial charge < -0.3 is 5.32 Å². The molecule has 0 amide bonds. The van der Waals surface area contributed by atoms with Crippen LogP contribution in [0.25, 0.3) is 0 Å². The number of hydrogen-bond donors (Lipinski definition) is 1. The maximum absolute atomic E-state index is 3.77. The lowest BCUT2D eigenvalue weighted by Gasteiger charge is -2.49. The predicted octanol–water partition coefficient (Wildman–Crippen LogP) is 3.81. The summed E-state index contributed by atoms with van der Waals surface area (Å²) in [6, 6.07) is 2.52. The van der Waals surface area contributed by atoms with Gasteiger partial charge in [0.25, 0.3) is 0 Å². The summed E-state index contributed by atoms with van der Waals surface area (Å²) in [6.07, 6.45) is 9.71. The Morgan fingerprint density at radius 2 is 1.74 bits per heavy atom. The van der Waals surface area contributed by atoms with Crippen molar-refractivity contribution in [2.75, 3.05) is 13.1 Å². The minimum atomic E-state index is 0.478. The third-order valence-corrected chi connectivity index (χ3v) is 4.93. The Hall–Kier alpha value is -0.0800. The molecule has 2 nitrogen and oxygen atoms in total. The summed E-state index contributed by atoms with van der Waals surface area (Å²) in [4.78, 5) is 2.86. The van der Waals surface area contributed by atoms with E-state index in [0.29, 0.717) is 5.41 Å². The highest BCUT2D eigenvalue weighted by atomic mass is 15.2. The largest absolute Gasteiger partial charge is 0.314 e. The molecule has 2 bridgehead atoms. The molecule has 2 unspecified atom stereocenters. The van der Waals surface area contributed by atoms with Gasteiger partial charge in [-0.15, -0.1) is 0 Å². The molecule has 2 saturated heterocycles. The molecule has 2 heterocycles. The molecular weight excluding hydrogens is 232 g/mol. The first-order valence-corrected chi connectivity index (χ1v) is 8.49. The second kappa shape index (κ2) is 6.58. The Morgan fingerprint density at radius 1 is 1.11 bits per heavy atom. The van der Waals surface area contributed by atoms with E-state index in [1.54, 1.807) is 0 Å². The topological polar surface area (TPSA) is 15.3 Å². The van der Waals surface area contributed by atoms with E-state index in [1.807, 2.05) is 0 Å². The molecule has 0 saturated carbocycles. The van der Waals surface area contributed by atoms with Gasteiger partial charge in [0.1, 0.15) is 0 Å². The number of hydrogen-bond acceptors (Lipinski definition) is 2. The summed E-state index contributed by atoms with van der Waals surface area (Å²) in [7, 11) is 0. The van der Waals surface area contributed by atoms with Crippen molar-refractivity contribution in [2.45, 2.75) is 90.8 Å². The fourth-order valence-electron chi connectivity index (χ4n) is 3.82. The Labute approximate surface area is 120 Å². The average Bonchev–Trinajstić information content (AvgIpc) is 2.32. The second-order valence-electron chi connectivity index (χ2n) is 7.91. The van der Waals surface area contributed by atoms with Gasteiger partial charge in [0.05, 0.1) is 0 Å². The van der Waals surface area contributed by atoms with Crippen molar-refractivity contribution in [1.29, 1.82) is 0 Å². The molecule has 1 N–H and O–H groups in total. The van der Waals surface area contributed by atoms with Crippen LogP contribution in [0.1, 0.15) is 72.6 Å². The quantitative estimate of drug-likeness (QED) is 0.814. The van der Waals surface area contributed by atoms with Crippen LogP contribution in [0.4, 0.5) is 0 Å². The van der Waals surface area contributed by atoms with Crippen LogP contribution in [0.2, 0.25) is 0 Å². The van der Waals surface area contributed by atoms with Crippen LogP contribution in [0, 0.1) is 5.41 Å². The van der Waals surface area contributed by atoms with Crippen molar-refractivity contribution in [2.24, 2.45) is 5.41 Å². The van der Waals surface area contributed by atoms with Gasteiger partial charge in [-0.05, 0) is 57.0 Å². The summed E-state index contributed by atoms with van der Waals surface area (Å²) in [5, 5.41) is 3.77. The van der Waals surface area contributed by atoms with Crippen molar-refractivity contribution in [1.82, 2.24) is 10.2 Å². The van der Waals surface area contributed by atoms with Crippen molar-refractivity contribution >= 4 is 0 Å². The average molecular weight is 266 g/mol. The van der Waals surface area contributed by atoms with Crippen molar-refractivity contribution in [3.63, 3.8) is 0 Å². The lowest BCUT2D eigenvalue weighted by atomic mass is 9.80. The van der Waals surface area contributed by atoms with Crippen LogP contribution >= 0.6 is 0 Å². The number of nitrogens with zero attached hydrogens (tertiary/aromatic N) is 1. The van der Waals surface area contributed by atoms with Crippen LogP contribution in [0.3, 0.4) is 0 Å². The molecule has 0 aromatic carbocycles. The number of rotatable bonds is 5.